The summed E-state index contributed by atoms with van der Waals surface area (Å²) in [6, 6.07) is 10.3. The zero-order valence-electron chi connectivity index (χ0n) is 13.3. The van der Waals surface area contributed by atoms with E-state index in [0.717, 1.165) is 12.6 Å². The maximum Gasteiger partial charge on any atom is 0.300 e. The molecule has 0 aliphatic rings. The Bertz CT molecular complexity index is 586. The molecule has 2 rings (SSSR count). The average Bonchev–Trinajstić information content (AvgIpc) is 2.95. The molecular weight excluding hydrogens is 294 g/mol. The minimum atomic E-state index is -0.833. The van der Waals surface area contributed by atoms with Gasteiger partial charge in [0.2, 0.25) is 0 Å². The van der Waals surface area contributed by atoms with E-state index in [1.807, 2.05) is 6.07 Å². The number of aliphatic carboxylic acids is 1. The maximum atomic E-state index is 9.00. The number of carboxylic acid groups (broad SMARTS) is 1. The van der Waals surface area contributed by atoms with Gasteiger partial charge in [-0.3, -0.25) is 4.79 Å². The summed E-state index contributed by atoms with van der Waals surface area (Å²) in [5.74, 6) is -0.251. The van der Waals surface area contributed by atoms with E-state index < -0.39 is 5.97 Å². The molecule has 1 unspecified atom stereocenters. The lowest BCUT2D eigenvalue weighted by atomic mass is 10.1. The van der Waals surface area contributed by atoms with Gasteiger partial charge in [0.1, 0.15) is 0 Å². The third kappa shape index (κ3) is 7.18. The van der Waals surface area contributed by atoms with Gasteiger partial charge in [-0.05, 0) is 18.1 Å². The van der Waals surface area contributed by atoms with E-state index in [9.17, 15) is 0 Å². The van der Waals surface area contributed by atoms with Crippen LogP contribution in [0.2, 0.25) is 0 Å². The summed E-state index contributed by atoms with van der Waals surface area (Å²) in [5, 5.41) is 10.8. The van der Waals surface area contributed by atoms with Crippen molar-refractivity contribution in [2.24, 2.45) is 0 Å². The van der Waals surface area contributed by atoms with Gasteiger partial charge < -0.3 is 5.11 Å². The summed E-state index contributed by atoms with van der Waals surface area (Å²) < 4.78 is 0. The van der Waals surface area contributed by atoms with E-state index >= 15 is 0 Å². The number of hydrogen-bond acceptors (Lipinski definition) is 3. The second-order valence-corrected chi connectivity index (χ2v) is 5.95. The standard InChI is InChI=1S/C16H19NS.C2H4O2/c1-3-7-13(2)16-17-15(12-18-16)11-10-14-8-5-4-6-9-14;1-2(3)4/h4-6,8-13H,3,7H2,1-2H3;1H3,(H,3,4). The Morgan fingerprint density at radius 3 is 2.55 bits per heavy atom. The molecule has 0 saturated heterocycles. The Balaban J connectivity index is 0.000000541. The molecule has 0 spiro atoms. The molecule has 3 nitrogen and oxygen atoms in total. The van der Waals surface area contributed by atoms with Crippen LogP contribution >= 0.6 is 11.3 Å². The second kappa shape index (κ2) is 9.90. The highest BCUT2D eigenvalue weighted by atomic mass is 32.1. The van der Waals surface area contributed by atoms with E-state index in [4.69, 9.17) is 9.90 Å². The first-order chi connectivity index (χ1) is 10.5. The molecule has 0 bridgehead atoms. The molecule has 0 aliphatic carbocycles. The van der Waals surface area contributed by atoms with Gasteiger partial charge in [-0.1, -0.05) is 56.7 Å². The molecule has 1 aromatic heterocycles. The monoisotopic (exact) mass is 317 g/mol. The molecule has 118 valence electrons. The highest BCUT2D eigenvalue weighted by Crippen LogP contribution is 2.24. The minimum Gasteiger partial charge on any atom is -0.481 e. The molecule has 1 atom stereocenters. The van der Waals surface area contributed by atoms with Gasteiger partial charge in [0, 0.05) is 18.2 Å². The lowest BCUT2D eigenvalue weighted by molar-refractivity contribution is -0.134. The molecule has 0 saturated carbocycles. The molecule has 0 radical (unpaired) electrons. The zero-order valence-corrected chi connectivity index (χ0v) is 14.1. The van der Waals surface area contributed by atoms with Crippen LogP contribution in [0, 0.1) is 0 Å². The topological polar surface area (TPSA) is 50.2 Å². The van der Waals surface area contributed by atoms with E-state index in [1.54, 1.807) is 11.3 Å². The van der Waals surface area contributed by atoms with Gasteiger partial charge >= 0.3 is 0 Å². The van der Waals surface area contributed by atoms with Crippen LogP contribution in [0.4, 0.5) is 0 Å². The van der Waals surface area contributed by atoms with E-state index in [2.05, 4.69) is 60.6 Å². The van der Waals surface area contributed by atoms with Crippen molar-refractivity contribution in [3.63, 3.8) is 0 Å². The Hall–Kier alpha value is -1.94. The van der Waals surface area contributed by atoms with E-state index in [0.29, 0.717) is 5.92 Å². The van der Waals surface area contributed by atoms with Crippen molar-refractivity contribution in [1.82, 2.24) is 4.98 Å². The van der Waals surface area contributed by atoms with Crippen LogP contribution in [0.5, 0.6) is 0 Å². The SMILES string of the molecule is CC(=O)O.CCCC(C)c1nc(C=Cc2ccccc2)cs1. The fraction of sp³-hybridized carbons (Fsp3) is 0.333. The van der Waals surface area contributed by atoms with Crippen LogP contribution in [0.1, 0.15) is 55.8 Å². The molecular formula is C18H23NO2S. The average molecular weight is 317 g/mol. The van der Waals surface area contributed by atoms with Crippen molar-refractivity contribution in [2.75, 3.05) is 0 Å². The molecule has 2 aromatic rings. The Morgan fingerprint density at radius 1 is 1.32 bits per heavy atom. The summed E-state index contributed by atoms with van der Waals surface area (Å²) in [4.78, 5) is 13.7. The molecule has 0 fully saturated rings. The van der Waals surface area contributed by atoms with Crippen molar-refractivity contribution in [3.05, 3.63) is 52.0 Å². The third-order valence-electron chi connectivity index (χ3n) is 2.93. The van der Waals surface area contributed by atoms with Gasteiger partial charge in [0.05, 0.1) is 10.7 Å². The van der Waals surface area contributed by atoms with Gasteiger partial charge in [0.25, 0.3) is 5.97 Å². The van der Waals surface area contributed by atoms with Crippen LogP contribution in [-0.4, -0.2) is 16.1 Å². The van der Waals surface area contributed by atoms with Gasteiger partial charge in [-0.25, -0.2) is 4.98 Å². The van der Waals surface area contributed by atoms with Crippen molar-refractivity contribution in [2.45, 2.75) is 39.5 Å². The number of carboxylic acids is 1. The van der Waals surface area contributed by atoms with E-state index in [1.165, 1.54) is 23.4 Å². The highest BCUT2D eigenvalue weighted by Gasteiger charge is 2.08. The van der Waals surface area contributed by atoms with Crippen LogP contribution in [0.3, 0.4) is 0 Å². The molecule has 1 aromatic carbocycles. The smallest absolute Gasteiger partial charge is 0.300 e. The maximum absolute atomic E-state index is 9.00. The fourth-order valence-corrected chi connectivity index (χ4v) is 2.79. The van der Waals surface area contributed by atoms with E-state index in [-0.39, 0.29) is 0 Å². The molecule has 22 heavy (non-hydrogen) atoms. The number of aromatic nitrogens is 1. The van der Waals surface area contributed by atoms with Crippen molar-refractivity contribution >= 4 is 29.5 Å². The van der Waals surface area contributed by atoms with Gasteiger partial charge in [-0.15, -0.1) is 11.3 Å². The molecule has 1 N–H and O–H groups in total. The minimum absolute atomic E-state index is 0.582. The normalized spacial score (nSPS) is 11.8. The lowest BCUT2D eigenvalue weighted by Gasteiger charge is -2.04. The number of carbonyl (C=O) groups is 1. The number of nitrogens with zero attached hydrogens (tertiary/aromatic N) is 1. The lowest BCUT2D eigenvalue weighted by Crippen LogP contribution is -1.91. The Kier molecular flexibility index (Phi) is 8.15. The molecule has 0 amide bonds. The zero-order chi connectivity index (χ0) is 16.4. The Morgan fingerprint density at radius 2 is 1.95 bits per heavy atom. The van der Waals surface area contributed by atoms with Crippen molar-refractivity contribution in [3.8, 4) is 0 Å². The quantitative estimate of drug-likeness (QED) is 0.813. The number of hydrogen-bond donors (Lipinski definition) is 1. The summed E-state index contributed by atoms with van der Waals surface area (Å²) in [7, 11) is 0. The largest absolute Gasteiger partial charge is 0.481 e. The van der Waals surface area contributed by atoms with Crippen molar-refractivity contribution in [1.29, 1.82) is 0 Å². The summed E-state index contributed by atoms with van der Waals surface area (Å²) in [6.45, 7) is 5.56. The number of rotatable bonds is 5. The van der Waals surface area contributed by atoms with Gasteiger partial charge in [0.15, 0.2) is 0 Å². The van der Waals surface area contributed by atoms with Crippen molar-refractivity contribution < 1.29 is 9.90 Å². The first-order valence-corrected chi connectivity index (χ1v) is 8.29. The number of thiazole rings is 1. The highest BCUT2D eigenvalue weighted by molar-refractivity contribution is 7.09. The molecule has 1 heterocycles. The summed E-state index contributed by atoms with van der Waals surface area (Å²) in [6.07, 6.45) is 6.64. The number of benzene rings is 1. The summed E-state index contributed by atoms with van der Waals surface area (Å²) in [5.41, 5.74) is 2.29. The predicted octanol–water partition coefficient (Wildman–Crippen LogP) is 5.31. The van der Waals surface area contributed by atoms with Crippen LogP contribution in [-0.2, 0) is 4.79 Å². The predicted molar refractivity (Wildman–Crippen MR) is 94.1 cm³/mol. The first kappa shape index (κ1) is 18.1. The fourth-order valence-electron chi connectivity index (χ4n) is 1.91. The van der Waals surface area contributed by atoms with Crippen LogP contribution in [0.15, 0.2) is 35.7 Å². The third-order valence-corrected chi connectivity index (χ3v) is 4.02. The Labute approximate surface area is 136 Å². The second-order valence-electron chi connectivity index (χ2n) is 5.06. The molecule has 4 heteroatoms. The van der Waals surface area contributed by atoms with Crippen LogP contribution < -0.4 is 0 Å². The summed E-state index contributed by atoms with van der Waals surface area (Å²) >= 11 is 1.77. The van der Waals surface area contributed by atoms with Crippen LogP contribution in [0.25, 0.3) is 12.2 Å². The first-order valence-electron chi connectivity index (χ1n) is 7.41. The molecule has 0 aliphatic heterocycles. The van der Waals surface area contributed by atoms with Gasteiger partial charge in [-0.2, -0.15) is 0 Å².